The molecule has 0 unspecified atom stereocenters. The van der Waals surface area contributed by atoms with Crippen LogP contribution in [0.2, 0.25) is 5.02 Å². The molecular weight excluding hydrogens is 269 g/mol. The number of halogens is 2. The van der Waals surface area contributed by atoms with E-state index in [1.165, 1.54) is 24.3 Å². The van der Waals surface area contributed by atoms with Crippen LogP contribution in [0.25, 0.3) is 11.3 Å². The second-order valence-electron chi connectivity index (χ2n) is 4.18. The summed E-state index contributed by atoms with van der Waals surface area (Å²) in [4.78, 5) is 11.2. The third-order valence-electron chi connectivity index (χ3n) is 2.85. The molecule has 1 heterocycles. The first-order valence-electron chi connectivity index (χ1n) is 5.92. The molecule has 0 aliphatic carbocycles. The van der Waals surface area contributed by atoms with E-state index in [-0.39, 0.29) is 5.69 Å². The van der Waals surface area contributed by atoms with Gasteiger partial charge >= 0.3 is 5.97 Å². The molecule has 1 N–H and O–H groups in total. The molecule has 2 aromatic rings. The molecule has 0 aliphatic rings. The lowest BCUT2D eigenvalue weighted by atomic mass is 10.1. The molecule has 19 heavy (non-hydrogen) atoms. The summed E-state index contributed by atoms with van der Waals surface area (Å²) in [6.45, 7) is 2.49. The number of carbonyl (C=O) groups is 1. The molecule has 1 aromatic carbocycles. The number of nitrogens with zero attached hydrogens (tertiary/aromatic N) is 1. The Morgan fingerprint density at radius 2 is 2.11 bits per heavy atom. The summed E-state index contributed by atoms with van der Waals surface area (Å²) in [5.74, 6) is -1.41. The molecule has 0 aliphatic heterocycles. The Balaban J connectivity index is 2.61. The Kier molecular flexibility index (Phi) is 3.90. The van der Waals surface area contributed by atoms with Gasteiger partial charge in [-0.15, -0.1) is 0 Å². The van der Waals surface area contributed by atoms with Crippen LogP contribution in [0.1, 0.15) is 23.8 Å². The van der Waals surface area contributed by atoms with Gasteiger partial charge in [-0.3, -0.25) is 0 Å². The second-order valence-corrected chi connectivity index (χ2v) is 4.59. The number of benzene rings is 1. The van der Waals surface area contributed by atoms with Crippen molar-refractivity contribution in [2.45, 2.75) is 19.9 Å². The van der Waals surface area contributed by atoms with E-state index in [2.05, 4.69) is 0 Å². The van der Waals surface area contributed by atoms with Crippen LogP contribution in [0.15, 0.2) is 30.3 Å². The molecule has 5 heteroatoms. The summed E-state index contributed by atoms with van der Waals surface area (Å²) in [6.07, 6.45) is 0.773. The predicted molar refractivity (Wildman–Crippen MR) is 72.1 cm³/mol. The average molecular weight is 282 g/mol. The maximum absolute atomic E-state index is 13.3. The Morgan fingerprint density at radius 1 is 1.37 bits per heavy atom. The summed E-state index contributed by atoms with van der Waals surface area (Å²) in [6, 6.07) is 7.22. The average Bonchev–Trinajstić information content (AvgIpc) is 2.76. The first kappa shape index (κ1) is 13.6. The number of rotatable bonds is 4. The lowest BCUT2D eigenvalue weighted by Gasteiger charge is -2.11. The van der Waals surface area contributed by atoms with E-state index >= 15 is 0 Å². The van der Waals surface area contributed by atoms with E-state index in [0.717, 1.165) is 6.42 Å². The van der Waals surface area contributed by atoms with Gasteiger partial charge in [0.05, 0.1) is 10.7 Å². The fourth-order valence-electron chi connectivity index (χ4n) is 2.05. The Bertz CT molecular complexity index is 622. The minimum atomic E-state index is -1.01. The number of hydrogen-bond donors (Lipinski definition) is 1. The van der Waals surface area contributed by atoms with Crippen molar-refractivity contribution in [3.8, 4) is 11.3 Å². The van der Waals surface area contributed by atoms with Crippen molar-refractivity contribution in [2.75, 3.05) is 0 Å². The Morgan fingerprint density at radius 3 is 2.74 bits per heavy atom. The summed E-state index contributed by atoms with van der Waals surface area (Å²) in [5, 5.41) is 9.55. The third-order valence-corrected chi connectivity index (χ3v) is 3.18. The van der Waals surface area contributed by atoms with Crippen molar-refractivity contribution < 1.29 is 14.3 Å². The number of aromatic nitrogens is 1. The van der Waals surface area contributed by atoms with Crippen LogP contribution in [0.4, 0.5) is 4.39 Å². The van der Waals surface area contributed by atoms with E-state index in [0.29, 0.717) is 22.8 Å². The van der Waals surface area contributed by atoms with Crippen molar-refractivity contribution in [1.29, 1.82) is 0 Å². The van der Waals surface area contributed by atoms with E-state index in [9.17, 15) is 9.18 Å². The van der Waals surface area contributed by atoms with Gasteiger partial charge in [-0.1, -0.05) is 18.5 Å². The maximum Gasteiger partial charge on any atom is 0.352 e. The fourth-order valence-corrected chi connectivity index (χ4v) is 2.26. The minimum Gasteiger partial charge on any atom is -0.477 e. The van der Waals surface area contributed by atoms with Crippen LogP contribution in [0, 0.1) is 5.82 Å². The van der Waals surface area contributed by atoms with Crippen molar-refractivity contribution in [2.24, 2.45) is 0 Å². The van der Waals surface area contributed by atoms with Gasteiger partial charge in [0.1, 0.15) is 11.5 Å². The molecule has 0 atom stereocenters. The fraction of sp³-hybridized carbons (Fsp3) is 0.214. The first-order chi connectivity index (χ1) is 9.04. The number of aromatic carboxylic acids is 1. The summed E-state index contributed by atoms with van der Waals surface area (Å²) in [7, 11) is 0. The normalized spacial score (nSPS) is 10.7. The van der Waals surface area contributed by atoms with Gasteiger partial charge in [-0.25, -0.2) is 9.18 Å². The number of hydrogen-bond acceptors (Lipinski definition) is 1. The van der Waals surface area contributed by atoms with Crippen molar-refractivity contribution in [3.63, 3.8) is 0 Å². The van der Waals surface area contributed by atoms with Crippen molar-refractivity contribution >= 4 is 17.6 Å². The molecule has 0 saturated heterocycles. The van der Waals surface area contributed by atoms with Crippen LogP contribution in [0.5, 0.6) is 0 Å². The van der Waals surface area contributed by atoms with Crippen molar-refractivity contribution in [3.05, 3.63) is 46.9 Å². The van der Waals surface area contributed by atoms with Gasteiger partial charge in [0, 0.05) is 12.1 Å². The molecule has 0 bridgehead atoms. The van der Waals surface area contributed by atoms with Crippen LogP contribution >= 0.6 is 11.6 Å². The first-order valence-corrected chi connectivity index (χ1v) is 6.30. The Labute approximate surface area is 115 Å². The topological polar surface area (TPSA) is 42.2 Å². The zero-order valence-corrected chi connectivity index (χ0v) is 11.1. The highest BCUT2D eigenvalue weighted by molar-refractivity contribution is 6.33. The summed E-state index contributed by atoms with van der Waals surface area (Å²) in [5.41, 5.74) is 1.29. The van der Waals surface area contributed by atoms with Crippen LogP contribution in [0.3, 0.4) is 0 Å². The van der Waals surface area contributed by atoms with Gasteiger partial charge < -0.3 is 9.67 Å². The number of carboxylic acids is 1. The molecule has 0 amide bonds. The SMILES string of the molecule is CCCn1c(C(=O)O)ccc1-c1cc(F)ccc1Cl. The molecule has 2 rings (SSSR count). The monoisotopic (exact) mass is 281 g/mol. The van der Waals surface area contributed by atoms with Gasteiger partial charge in [0.15, 0.2) is 0 Å². The summed E-state index contributed by atoms with van der Waals surface area (Å²) < 4.78 is 15.0. The molecule has 1 aromatic heterocycles. The molecule has 100 valence electrons. The smallest absolute Gasteiger partial charge is 0.352 e. The van der Waals surface area contributed by atoms with Crippen molar-refractivity contribution in [1.82, 2.24) is 4.57 Å². The van der Waals surface area contributed by atoms with Gasteiger partial charge in [-0.05, 0) is 36.8 Å². The van der Waals surface area contributed by atoms with Crippen LogP contribution in [-0.2, 0) is 6.54 Å². The van der Waals surface area contributed by atoms with Gasteiger partial charge in [-0.2, -0.15) is 0 Å². The quantitative estimate of drug-likeness (QED) is 0.918. The van der Waals surface area contributed by atoms with E-state index in [1.807, 2.05) is 6.92 Å². The molecule has 0 spiro atoms. The van der Waals surface area contributed by atoms with E-state index < -0.39 is 11.8 Å². The lowest BCUT2D eigenvalue weighted by Crippen LogP contribution is -2.09. The molecule has 0 fully saturated rings. The second kappa shape index (κ2) is 5.45. The highest BCUT2D eigenvalue weighted by atomic mass is 35.5. The van der Waals surface area contributed by atoms with E-state index in [1.54, 1.807) is 10.6 Å². The molecule has 3 nitrogen and oxygen atoms in total. The van der Waals surface area contributed by atoms with Gasteiger partial charge in [0.2, 0.25) is 0 Å². The third kappa shape index (κ3) is 2.63. The zero-order chi connectivity index (χ0) is 14.0. The molecule has 0 saturated carbocycles. The standard InChI is InChI=1S/C14H13ClFNO2/c1-2-7-17-12(5-6-13(17)14(18)19)10-8-9(16)3-4-11(10)15/h3-6,8H,2,7H2,1H3,(H,18,19). The zero-order valence-electron chi connectivity index (χ0n) is 10.4. The maximum atomic E-state index is 13.3. The Hall–Kier alpha value is -1.81. The van der Waals surface area contributed by atoms with Gasteiger partial charge in [0.25, 0.3) is 0 Å². The largest absolute Gasteiger partial charge is 0.477 e. The van der Waals surface area contributed by atoms with Crippen LogP contribution in [-0.4, -0.2) is 15.6 Å². The lowest BCUT2D eigenvalue weighted by molar-refractivity contribution is 0.0685. The van der Waals surface area contributed by atoms with E-state index in [4.69, 9.17) is 16.7 Å². The van der Waals surface area contributed by atoms with Crippen LogP contribution < -0.4 is 0 Å². The minimum absolute atomic E-state index is 0.178. The predicted octanol–water partition coefficient (Wildman–Crippen LogP) is 4.06. The summed E-state index contributed by atoms with van der Waals surface area (Å²) >= 11 is 6.06. The molecular formula is C14H13ClFNO2. The highest BCUT2D eigenvalue weighted by Crippen LogP contribution is 2.30. The highest BCUT2D eigenvalue weighted by Gasteiger charge is 2.16. The molecule has 0 radical (unpaired) electrons. The number of carboxylic acid groups (broad SMARTS) is 1.